The minimum absolute atomic E-state index is 0.0756. The standard InChI is InChI=1S/C7H3ClN2O2S/c8-6-2-1-5(10(11)12)3-7(6)9-4-13/h1-3H. The molecule has 0 aliphatic carbocycles. The highest BCUT2D eigenvalue weighted by atomic mass is 35.5. The number of halogens is 1. The lowest BCUT2D eigenvalue weighted by Gasteiger charge is -1.95. The summed E-state index contributed by atoms with van der Waals surface area (Å²) in [4.78, 5) is 13.4. The molecular formula is C7H3ClN2O2S. The van der Waals surface area contributed by atoms with Crippen molar-refractivity contribution in [2.75, 3.05) is 0 Å². The summed E-state index contributed by atoms with van der Waals surface area (Å²) < 4.78 is 0. The first kappa shape index (κ1) is 9.80. The summed E-state index contributed by atoms with van der Waals surface area (Å²) in [5.74, 6) is 0. The Morgan fingerprint density at radius 3 is 2.85 bits per heavy atom. The summed E-state index contributed by atoms with van der Waals surface area (Å²) in [6.07, 6.45) is 0. The van der Waals surface area contributed by atoms with Crippen LogP contribution in [0.15, 0.2) is 23.2 Å². The maximum Gasteiger partial charge on any atom is 0.271 e. The molecule has 0 aliphatic heterocycles. The molecule has 13 heavy (non-hydrogen) atoms. The minimum Gasteiger partial charge on any atom is -0.258 e. The highest BCUT2D eigenvalue weighted by Gasteiger charge is 2.08. The van der Waals surface area contributed by atoms with E-state index in [1.165, 1.54) is 18.2 Å². The normalized spacial score (nSPS) is 9.00. The fourth-order valence-corrected chi connectivity index (χ4v) is 1.01. The van der Waals surface area contributed by atoms with Gasteiger partial charge in [-0.25, -0.2) is 0 Å². The van der Waals surface area contributed by atoms with Gasteiger partial charge in [0, 0.05) is 12.1 Å². The van der Waals surface area contributed by atoms with Crippen LogP contribution in [-0.2, 0) is 0 Å². The Morgan fingerprint density at radius 1 is 1.62 bits per heavy atom. The average Bonchev–Trinajstić information content (AvgIpc) is 2.08. The number of nitro groups is 1. The van der Waals surface area contributed by atoms with E-state index in [-0.39, 0.29) is 11.4 Å². The molecule has 0 saturated carbocycles. The number of aliphatic imine (C=N–C) groups is 1. The van der Waals surface area contributed by atoms with Crippen LogP contribution in [0.4, 0.5) is 11.4 Å². The lowest BCUT2D eigenvalue weighted by molar-refractivity contribution is -0.384. The van der Waals surface area contributed by atoms with Crippen molar-refractivity contribution in [3.8, 4) is 0 Å². The number of nitro benzene ring substituents is 1. The van der Waals surface area contributed by atoms with Gasteiger partial charge in [0.15, 0.2) is 0 Å². The van der Waals surface area contributed by atoms with Gasteiger partial charge in [0.1, 0.15) is 0 Å². The van der Waals surface area contributed by atoms with Crippen LogP contribution in [0.25, 0.3) is 0 Å². The third-order valence-electron chi connectivity index (χ3n) is 1.31. The van der Waals surface area contributed by atoms with Crippen molar-refractivity contribution in [1.82, 2.24) is 0 Å². The van der Waals surface area contributed by atoms with Crippen molar-refractivity contribution in [2.45, 2.75) is 0 Å². The Kier molecular flexibility index (Phi) is 3.08. The zero-order valence-electron chi connectivity index (χ0n) is 6.23. The topological polar surface area (TPSA) is 55.5 Å². The molecule has 0 unspecified atom stereocenters. The predicted octanol–water partition coefficient (Wildman–Crippen LogP) is 2.98. The van der Waals surface area contributed by atoms with E-state index in [0.29, 0.717) is 5.02 Å². The fourth-order valence-electron chi connectivity index (χ4n) is 0.749. The van der Waals surface area contributed by atoms with Gasteiger partial charge in [0.05, 0.1) is 20.8 Å². The lowest BCUT2D eigenvalue weighted by atomic mass is 10.3. The van der Waals surface area contributed by atoms with Crippen molar-refractivity contribution >= 4 is 40.4 Å². The van der Waals surface area contributed by atoms with E-state index >= 15 is 0 Å². The highest BCUT2D eigenvalue weighted by molar-refractivity contribution is 7.78. The molecule has 0 radical (unpaired) electrons. The summed E-state index contributed by atoms with van der Waals surface area (Å²) in [7, 11) is 0. The van der Waals surface area contributed by atoms with Gasteiger partial charge in [-0.3, -0.25) is 10.1 Å². The van der Waals surface area contributed by atoms with Gasteiger partial charge in [-0.05, 0) is 18.3 Å². The van der Waals surface area contributed by atoms with Gasteiger partial charge in [-0.15, -0.1) is 0 Å². The Balaban J connectivity index is 3.26. The number of hydrogen-bond donors (Lipinski definition) is 0. The first-order chi connectivity index (χ1) is 6.15. The van der Waals surface area contributed by atoms with E-state index in [9.17, 15) is 10.1 Å². The average molecular weight is 215 g/mol. The Hall–Kier alpha value is -1.29. The van der Waals surface area contributed by atoms with Gasteiger partial charge < -0.3 is 0 Å². The molecule has 0 spiro atoms. The zero-order chi connectivity index (χ0) is 9.84. The Morgan fingerprint density at radius 2 is 2.31 bits per heavy atom. The molecule has 0 bridgehead atoms. The summed E-state index contributed by atoms with van der Waals surface area (Å²) >= 11 is 10.0. The molecule has 0 aliphatic rings. The SMILES string of the molecule is O=[N+]([O-])c1ccc(Cl)c(N=C=S)c1. The van der Waals surface area contributed by atoms with Crippen LogP contribution in [0.5, 0.6) is 0 Å². The van der Waals surface area contributed by atoms with Crippen LogP contribution in [0, 0.1) is 10.1 Å². The third kappa shape index (κ3) is 2.32. The first-order valence-electron chi connectivity index (χ1n) is 3.17. The second-order valence-electron chi connectivity index (χ2n) is 2.10. The smallest absolute Gasteiger partial charge is 0.258 e. The van der Waals surface area contributed by atoms with E-state index in [1.54, 1.807) is 0 Å². The van der Waals surface area contributed by atoms with Crippen LogP contribution >= 0.6 is 23.8 Å². The van der Waals surface area contributed by atoms with Crippen molar-refractivity contribution in [3.05, 3.63) is 33.3 Å². The third-order valence-corrected chi connectivity index (χ3v) is 1.72. The Bertz CT molecular complexity index is 401. The molecule has 4 nitrogen and oxygen atoms in total. The second-order valence-corrected chi connectivity index (χ2v) is 2.69. The summed E-state index contributed by atoms with van der Waals surface area (Å²) in [6, 6.07) is 3.93. The molecule has 0 saturated heterocycles. The molecule has 66 valence electrons. The highest BCUT2D eigenvalue weighted by Crippen LogP contribution is 2.28. The number of nitrogens with zero attached hydrogens (tertiary/aromatic N) is 2. The van der Waals surface area contributed by atoms with E-state index in [1.807, 2.05) is 0 Å². The molecule has 1 rings (SSSR count). The van der Waals surface area contributed by atoms with Crippen molar-refractivity contribution in [2.24, 2.45) is 4.99 Å². The van der Waals surface area contributed by atoms with Crippen LogP contribution in [0.3, 0.4) is 0 Å². The van der Waals surface area contributed by atoms with Gasteiger partial charge >= 0.3 is 0 Å². The van der Waals surface area contributed by atoms with Crippen molar-refractivity contribution in [1.29, 1.82) is 0 Å². The molecule has 1 aromatic carbocycles. The minimum atomic E-state index is -0.529. The first-order valence-corrected chi connectivity index (χ1v) is 3.95. The largest absolute Gasteiger partial charge is 0.271 e. The van der Waals surface area contributed by atoms with E-state index in [2.05, 4.69) is 22.4 Å². The molecule has 0 aromatic heterocycles. The molecule has 0 N–H and O–H groups in total. The monoisotopic (exact) mass is 214 g/mol. The van der Waals surface area contributed by atoms with E-state index in [4.69, 9.17) is 11.6 Å². The second kappa shape index (κ2) is 4.09. The van der Waals surface area contributed by atoms with Gasteiger partial charge in [0.2, 0.25) is 0 Å². The quantitative estimate of drug-likeness (QED) is 0.329. The van der Waals surface area contributed by atoms with Gasteiger partial charge in [-0.2, -0.15) is 4.99 Å². The van der Waals surface area contributed by atoms with E-state index in [0.717, 1.165) is 0 Å². The summed E-state index contributed by atoms with van der Waals surface area (Å²) in [5, 5.41) is 12.7. The molecule has 0 amide bonds. The molecule has 0 heterocycles. The molecule has 1 aromatic rings. The maximum absolute atomic E-state index is 10.3. The van der Waals surface area contributed by atoms with Crippen molar-refractivity contribution < 1.29 is 4.92 Å². The van der Waals surface area contributed by atoms with Crippen LogP contribution in [-0.4, -0.2) is 10.1 Å². The molecular weight excluding hydrogens is 212 g/mol. The van der Waals surface area contributed by atoms with Crippen LogP contribution < -0.4 is 0 Å². The lowest BCUT2D eigenvalue weighted by Crippen LogP contribution is -1.86. The van der Waals surface area contributed by atoms with Gasteiger partial charge in [0.25, 0.3) is 5.69 Å². The number of isothiocyanates is 1. The number of thiocarbonyl (C=S) groups is 1. The van der Waals surface area contributed by atoms with Gasteiger partial charge in [-0.1, -0.05) is 11.6 Å². The summed E-state index contributed by atoms with van der Waals surface area (Å²) in [6.45, 7) is 0. The molecule has 0 fully saturated rings. The number of benzene rings is 1. The molecule has 6 heteroatoms. The maximum atomic E-state index is 10.3. The van der Waals surface area contributed by atoms with E-state index < -0.39 is 4.92 Å². The van der Waals surface area contributed by atoms with Crippen molar-refractivity contribution in [3.63, 3.8) is 0 Å². The number of non-ortho nitro benzene ring substituents is 1. The molecule has 0 atom stereocenters. The number of rotatable bonds is 2. The Labute approximate surface area is 84.0 Å². The fraction of sp³-hybridized carbons (Fsp3) is 0. The summed E-state index contributed by atoms with van der Waals surface area (Å²) in [5.41, 5.74) is 0.180. The number of hydrogen-bond acceptors (Lipinski definition) is 4. The zero-order valence-corrected chi connectivity index (χ0v) is 7.80. The predicted molar refractivity (Wildman–Crippen MR) is 52.8 cm³/mol. The van der Waals surface area contributed by atoms with Crippen LogP contribution in [0.2, 0.25) is 5.02 Å². The van der Waals surface area contributed by atoms with Crippen LogP contribution in [0.1, 0.15) is 0 Å².